The summed E-state index contributed by atoms with van der Waals surface area (Å²) in [5.41, 5.74) is 7.01. The third-order valence-corrected chi connectivity index (χ3v) is 4.38. The van der Waals surface area contributed by atoms with Gasteiger partial charge < -0.3 is 10.3 Å². The molecule has 114 valence electrons. The predicted molar refractivity (Wildman–Crippen MR) is 78.7 cm³/mol. The van der Waals surface area contributed by atoms with Crippen molar-refractivity contribution in [2.24, 2.45) is 5.73 Å². The van der Waals surface area contributed by atoms with Gasteiger partial charge in [0, 0.05) is 31.2 Å². The van der Waals surface area contributed by atoms with Crippen molar-refractivity contribution >= 4 is 10.0 Å². The minimum absolute atomic E-state index is 0.104. The van der Waals surface area contributed by atoms with Crippen molar-refractivity contribution in [3.05, 3.63) is 42.0 Å². The van der Waals surface area contributed by atoms with E-state index in [1.54, 1.807) is 24.4 Å². The lowest BCUT2D eigenvalue weighted by molar-refractivity contribution is 0.579. The SMILES string of the molecule is CCCn1cc(S(=O)(=O)NCc2cccnn2)cc1CN. The van der Waals surface area contributed by atoms with Crippen LogP contribution >= 0.6 is 0 Å². The molecule has 8 heteroatoms. The van der Waals surface area contributed by atoms with Crippen LogP contribution < -0.4 is 10.5 Å². The van der Waals surface area contributed by atoms with Crippen LogP contribution in [-0.2, 0) is 29.7 Å². The molecule has 0 radical (unpaired) electrons. The smallest absolute Gasteiger partial charge is 0.242 e. The Hall–Kier alpha value is -1.77. The summed E-state index contributed by atoms with van der Waals surface area (Å²) in [6.45, 7) is 3.18. The minimum Gasteiger partial charge on any atom is -0.349 e. The van der Waals surface area contributed by atoms with Crippen LogP contribution in [0.1, 0.15) is 24.7 Å². The number of aromatic nitrogens is 3. The summed E-state index contributed by atoms with van der Waals surface area (Å²) < 4.78 is 28.9. The molecule has 3 N–H and O–H groups in total. The van der Waals surface area contributed by atoms with Crippen LogP contribution in [0.15, 0.2) is 35.5 Å². The fraction of sp³-hybridized carbons (Fsp3) is 0.385. The maximum absolute atomic E-state index is 12.3. The van der Waals surface area contributed by atoms with Gasteiger partial charge in [0.25, 0.3) is 0 Å². The summed E-state index contributed by atoms with van der Waals surface area (Å²) in [6, 6.07) is 5.03. The third kappa shape index (κ3) is 3.87. The molecular formula is C13H19N5O2S. The number of sulfonamides is 1. The highest BCUT2D eigenvalue weighted by atomic mass is 32.2. The van der Waals surface area contributed by atoms with Gasteiger partial charge in [-0.15, -0.1) is 0 Å². The van der Waals surface area contributed by atoms with E-state index in [-0.39, 0.29) is 11.4 Å². The van der Waals surface area contributed by atoms with Crippen LogP contribution in [0.4, 0.5) is 0 Å². The Kier molecular flexibility index (Phi) is 5.05. The first-order chi connectivity index (χ1) is 10.1. The molecule has 0 saturated carbocycles. The minimum atomic E-state index is -3.58. The number of hydrogen-bond acceptors (Lipinski definition) is 5. The van der Waals surface area contributed by atoms with Crippen LogP contribution in [0.3, 0.4) is 0 Å². The van der Waals surface area contributed by atoms with E-state index in [4.69, 9.17) is 5.73 Å². The molecule has 2 heterocycles. The fourth-order valence-electron chi connectivity index (χ4n) is 1.97. The molecule has 0 aliphatic heterocycles. The van der Waals surface area contributed by atoms with E-state index >= 15 is 0 Å². The van der Waals surface area contributed by atoms with E-state index in [1.165, 1.54) is 6.20 Å². The molecule has 0 atom stereocenters. The van der Waals surface area contributed by atoms with E-state index in [0.717, 1.165) is 18.7 Å². The molecule has 0 fully saturated rings. The van der Waals surface area contributed by atoms with Gasteiger partial charge in [-0.1, -0.05) is 6.92 Å². The second-order valence-corrected chi connectivity index (χ2v) is 6.37. The van der Waals surface area contributed by atoms with Crippen molar-refractivity contribution in [2.45, 2.75) is 37.9 Å². The van der Waals surface area contributed by atoms with Gasteiger partial charge in [-0.05, 0) is 24.6 Å². The zero-order valence-electron chi connectivity index (χ0n) is 11.9. The average molecular weight is 309 g/mol. The molecule has 0 amide bonds. The number of hydrogen-bond donors (Lipinski definition) is 2. The van der Waals surface area contributed by atoms with Gasteiger partial charge in [-0.3, -0.25) is 0 Å². The van der Waals surface area contributed by atoms with Crippen LogP contribution in [0.25, 0.3) is 0 Å². The molecule has 2 aromatic rings. The molecule has 21 heavy (non-hydrogen) atoms. The predicted octanol–water partition coefficient (Wildman–Crippen LogP) is 0.625. The van der Waals surface area contributed by atoms with Gasteiger partial charge in [0.2, 0.25) is 10.0 Å². The number of nitrogens with zero attached hydrogens (tertiary/aromatic N) is 3. The van der Waals surface area contributed by atoms with Gasteiger partial charge >= 0.3 is 0 Å². The summed E-state index contributed by atoms with van der Waals surface area (Å²) in [7, 11) is -3.58. The van der Waals surface area contributed by atoms with E-state index < -0.39 is 10.0 Å². The van der Waals surface area contributed by atoms with E-state index in [0.29, 0.717) is 12.2 Å². The molecular weight excluding hydrogens is 290 g/mol. The highest BCUT2D eigenvalue weighted by molar-refractivity contribution is 7.89. The Bertz CT molecular complexity index is 682. The first-order valence-corrected chi connectivity index (χ1v) is 8.20. The van der Waals surface area contributed by atoms with Gasteiger partial charge in [-0.25, -0.2) is 13.1 Å². The standard InChI is InChI=1S/C13H19N5O2S/c1-2-6-18-10-13(7-12(18)8-14)21(19,20)16-9-11-4-3-5-15-17-11/h3-5,7,10,16H,2,6,8-9,14H2,1H3. The highest BCUT2D eigenvalue weighted by Gasteiger charge is 2.17. The van der Waals surface area contributed by atoms with Crippen molar-refractivity contribution < 1.29 is 8.42 Å². The van der Waals surface area contributed by atoms with E-state index in [2.05, 4.69) is 14.9 Å². The van der Waals surface area contributed by atoms with Crippen molar-refractivity contribution in [1.82, 2.24) is 19.5 Å². The Balaban J connectivity index is 2.15. The van der Waals surface area contributed by atoms with E-state index in [1.807, 2.05) is 11.5 Å². The summed E-state index contributed by atoms with van der Waals surface area (Å²) in [5, 5.41) is 7.55. The molecule has 0 spiro atoms. The second kappa shape index (κ2) is 6.79. The monoisotopic (exact) mass is 309 g/mol. The quantitative estimate of drug-likeness (QED) is 0.780. The molecule has 2 aromatic heterocycles. The van der Waals surface area contributed by atoms with Gasteiger partial charge in [-0.2, -0.15) is 10.2 Å². The molecule has 0 unspecified atom stereocenters. The molecule has 0 aromatic carbocycles. The van der Waals surface area contributed by atoms with Gasteiger partial charge in [0.05, 0.1) is 17.1 Å². The van der Waals surface area contributed by atoms with Crippen molar-refractivity contribution in [3.8, 4) is 0 Å². The Morgan fingerprint density at radius 3 is 2.86 bits per heavy atom. The second-order valence-electron chi connectivity index (χ2n) is 4.60. The molecule has 2 rings (SSSR count). The van der Waals surface area contributed by atoms with Crippen molar-refractivity contribution in [2.75, 3.05) is 0 Å². The first-order valence-electron chi connectivity index (χ1n) is 6.72. The zero-order chi connectivity index (χ0) is 15.3. The largest absolute Gasteiger partial charge is 0.349 e. The Labute approximate surface area is 124 Å². The van der Waals surface area contributed by atoms with Gasteiger partial charge in [0.15, 0.2) is 0 Å². The van der Waals surface area contributed by atoms with Crippen LogP contribution in [0.2, 0.25) is 0 Å². The molecule has 0 bridgehead atoms. The number of aryl methyl sites for hydroxylation is 1. The lowest BCUT2D eigenvalue weighted by atomic mass is 10.4. The summed E-state index contributed by atoms with van der Waals surface area (Å²) in [6.07, 6.45) is 4.06. The summed E-state index contributed by atoms with van der Waals surface area (Å²) in [4.78, 5) is 0.222. The average Bonchev–Trinajstić information content (AvgIpc) is 2.91. The maximum atomic E-state index is 12.3. The Morgan fingerprint density at radius 2 is 2.24 bits per heavy atom. The molecule has 7 nitrogen and oxygen atoms in total. The lowest BCUT2D eigenvalue weighted by Crippen LogP contribution is -2.23. The fourth-order valence-corrected chi connectivity index (χ4v) is 3.03. The number of rotatable bonds is 7. The first kappa shape index (κ1) is 15.6. The lowest BCUT2D eigenvalue weighted by Gasteiger charge is -2.04. The summed E-state index contributed by atoms with van der Waals surface area (Å²) >= 11 is 0. The molecule has 0 aliphatic rings. The maximum Gasteiger partial charge on any atom is 0.242 e. The zero-order valence-corrected chi connectivity index (χ0v) is 12.7. The third-order valence-electron chi connectivity index (χ3n) is 3.02. The Morgan fingerprint density at radius 1 is 1.43 bits per heavy atom. The summed E-state index contributed by atoms with van der Waals surface area (Å²) in [5.74, 6) is 0. The highest BCUT2D eigenvalue weighted by Crippen LogP contribution is 2.15. The van der Waals surface area contributed by atoms with Crippen LogP contribution in [0, 0.1) is 0 Å². The normalized spacial score (nSPS) is 11.7. The number of nitrogens with one attached hydrogen (secondary N) is 1. The van der Waals surface area contributed by atoms with Crippen LogP contribution in [0.5, 0.6) is 0 Å². The molecule has 0 saturated heterocycles. The number of nitrogens with two attached hydrogens (primary N) is 1. The van der Waals surface area contributed by atoms with E-state index in [9.17, 15) is 8.42 Å². The topological polar surface area (TPSA) is 103 Å². The molecule has 0 aliphatic carbocycles. The van der Waals surface area contributed by atoms with Crippen LogP contribution in [-0.4, -0.2) is 23.2 Å². The van der Waals surface area contributed by atoms with Crippen molar-refractivity contribution in [3.63, 3.8) is 0 Å². The van der Waals surface area contributed by atoms with Gasteiger partial charge in [0.1, 0.15) is 0 Å². The van der Waals surface area contributed by atoms with Crippen molar-refractivity contribution in [1.29, 1.82) is 0 Å².